The number of thioether (sulfide) groups is 2. The van der Waals surface area contributed by atoms with Crippen molar-refractivity contribution in [1.29, 1.82) is 0 Å². The molecule has 130 valence electrons. The molecule has 1 amide bonds. The Hall–Kier alpha value is -0.883. The fraction of sp³-hybridized carbons (Fsp3) is 0.538. The first-order valence-corrected chi connectivity index (χ1v) is 13.6. The number of rotatable bonds is 5. The first-order chi connectivity index (χ1) is 11.3. The lowest BCUT2D eigenvalue weighted by Gasteiger charge is -2.48. The summed E-state index contributed by atoms with van der Waals surface area (Å²) in [6.45, 7) is 5.84. The van der Waals surface area contributed by atoms with Crippen molar-refractivity contribution in [3.63, 3.8) is 0 Å². The summed E-state index contributed by atoms with van der Waals surface area (Å²) in [7, 11) is -2.06. The normalized spacial score (nSPS) is 23.8. The Morgan fingerprint density at radius 1 is 1.54 bits per heavy atom. The number of nitrogens with two attached hydrogens (primary N) is 1. The smallest absolute Gasteiger partial charge is 0.341 e. The van der Waals surface area contributed by atoms with Crippen molar-refractivity contribution in [2.75, 3.05) is 11.5 Å². The molecule has 11 heteroatoms. The molecule has 1 aromatic heterocycles. The molecule has 0 aliphatic carbocycles. The molecule has 24 heavy (non-hydrogen) atoms. The van der Waals surface area contributed by atoms with Gasteiger partial charge in [-0.1, -0.05) is 4.49 Å². The van der Waals surface area contributed by atoms with E-state index in [1.807, 2.05) is 19.6 Å². The monoisotopic (exact) mass is 402 g/mol. The van der Waals surface area contributed by atoms with Crippen molar-refractivity contribution in [3.05, 3.63) is 17.5 Å². The van der Waals surface area contributed by atoms with Gasteiger partial charge in [-0.05, 0) is 36.7 Å². The zero-order valence-corrected chi connectivity index (χ0v) is 17.0. The van der Waals surface area contributed by atoms with Crippen LogP contribution in [0.25, 0.3) is 0 Å². The van der Waals surface area contributed by atoms with Gasteiger partial charge in [0.1, 0.15) is 21.3 Å². The molecule has 1 aromatic rings. The number of amides is 1. The molecule has 1 unspecified atom stereocenters. The summed E-state index contributed by atoms with van der Waals surface area (Å²) in [5, 5.41) is 3.64. The zero-order chi connectivity index (χ0) is 17.5. The van der Waals surface area contributed by atoms with Crippen LogP contribution in [0.3, 0.4) is 0 Å². The average Bonchev–Trinajstić information content (AvgIpc) is 3.02. The maximum Gasteiger partial charge on any atom is 0.341 e. The lowest BCUT2D eigenvalue weighted by Crippen LogP contribution is -2.68. The van der Waals surface area contributed by atoms with E-state index in [9.17, 15) is 9.59 Å². The van der Waals surface area contributed by atoms with Gasteiger partial charge in [-0.25, -0.2) is 4.79 Å². The maximum absolute atomic E-state index is 12.7. The summed E-state index contributed by atoms with van der Waals surface area (Å²) in [6.07, 6.45) is 1.69. The highest BCUT2D eigenvalue weighted by Gasteiger charge is 2.52. The van der Waals surface area contributed by atoms with Crippen LogP contribution in [0, 0.1) is 0 Å². The SMILES string of the molecule is C[Si](C)(C)OC(=O)C1=C(CSc2cnns2)CS[C@@H]2C(N)C(=O)N12. The van der Waals surface area contributed by atoms with E-state index in [1.54, 1.807) is 29.7 Å². The molecular weight excluding hydrogens is 384 g/mol. The van der Waals surface area contributed by atoms with E-state index in [-0.39, 0.29) is 11.3 Å². The van der Waals surface area contributed by atoms with Crippen LogP contribution in [-0.2, 0) is 14.0 Å². The summed E-state index contributed by atoms with van der Waals surface area (Å²) < 4.78 is 10.5. The number of nitrogens with zero attached hydrogens (tertiary/aromatic N) is 3. The molecule has 7 nitrogen and oxygen atoms in total. The highest BCUT2D eigenvalue weighted by Crippen LogP contribution is 2.41. The van der Waals surface area contributed by atoms with Crippen LogP contribution in [0.5, 0.6) is 0 Å². The van der Waals surface area contributed by atoms with Crippen molar-refractivity contribution in [1.82, 2.24) is 14.5 Å². The largest absolute Gasteiger partial charge is 0.515 e. The van der Waals surface area contributed by atoms with Gasteiger partial charge in [0.2, 0.25) is 14.2 Å². The van der Waals surface area contributed by atoms with E-state index in [4.69, 9.17) is 10.2 Å². The van der Waals surface area contributed by atoms with Gasteiger partial charge in [0.15, 0.2) is 0 Å². The van der Waals surface area contributed by atoms with Crippen LogP contribution in [0.15, 0.2) is 21.7 Å². The van der Waals surface area contributed by atoms with Crippen molar-refractivity contribution in [3.8, 4) is 0 Å². The highest BCUT2D eigenvalue weighted by atomic mass is 32.2. The Balaban J connectivity index is 1.86. The number of hydrogen-bond acceptors (Lipinski definition) is 9. The molecule has 1 fully saturated rings. The molecule has 0 bridgehead atoms. The number of aromatic nitrogens is 2. The van der Waals surface area contributed by atoms with Crippen molar-refractivity contribution in [2.45, 2.75) is 35.3 Å². The van der Waals surface area contributed by atoms with Crippen LogP contribution in [0.1, 0.15) is 0 Å². The molecule has 3 heterocycles. The Morgan fingerprint density at radius 2 is 2.29 bits per heavy atom. The number of fused-ring (bicyclic) bond motifs is 1. The maximum atomic E-state index is 12.7. The predicted octanol–water partition coefficient (Wildman–Crippen LogP) is 1.50. The van der Waals surface area contributed by atoms with Gasteiger partial charge in [0, 0.05) is 11.5 Å². The van der Waals surface area contributed by atoms with Crippen LogP contribution in [0.4, 0.5) is 0 Å². The van der Waals surface area contributed by atoms with Gasteiger partial charge in [-0.2, -0.15) is 0 Å². The lowest BCUT2D eigenvalue weighted by molar-refractivity contribution is -0.147. The third kappa shape index (κ3) is 3.54. The van der Waals surface area contributed by atoms with E-state index in [1.165, 1.54) is 16.4 Å². The van der Waals surface area contributed by atoms with Crippen molar-refractivity contribution in [2.24, 2.45) is 5.73 Å². The van der Waals surface area contributed by atoms with Gasteiger partial charge < -0.3 is 10.2 Å². The number of carbonyl (C=O) groups excluding carboxylic acids is 2. The van der Waals surface area contributed by atoms with E-state index in [2.05, 4.69) is 9.59 Å². The minimum absolute atomic E-state index is 0.166. The van der Waals surface area contributed by atoms with Gasteiger partial charge in [-0.15, -0.1) is 28.6 Å². The van der Waals surface area contributed by atoms with Crippen molar-refractivity contribution < 1.29 is 14.0 Å². The van der Waals surface area contributed by atoms with E-state index in [0.717, 1.165) is 9.78 Å². The highest BCUT2D eigenvalue weighted by molar-refractivity contribution is 8.01. The first-order valence-electron chi connectivity index (χ1n) is 7.34. The lowest BCUT2D eigenvalue weighted by atomic mass is 10.0. The Labute approximate surface area is 153 Å². The topological polar surface area (TPSA) is 98.4 Å². The first kappa shape index (κ1) is 17.9. The Kier molecular flexibility index (Phi) is 5.07. The molecule has 2 atom stereocenters. The standard InChI is InChI=1S/C13H18N4O3S3Si/c1-24(2,3)20-13(19)10-7(5-21-8-4-15-16-23-8)6-22-12-9(14)11(18)17(10)12/h4,9,12H,5-6,14H2,1-3H3/t9?,12-/m1/s1. The fourth-order valence-electron chi connectivity index (χ4n) is 2.39. The summed E-state index contributed by atoms with van der Waals surface area (Å²) in [5.74, 6) is 0.644. The predicted molar refractivity (Wildman–Crippen MR) is 98.2 cm³/mol. The summed E-state index contributed by atoms with van der Waals surface area (Å²) in [4.78, 5) is 26.4. The average molecular weight is 403 g/mol. The number of hydrogen-bond donors (Lipinski definition) is 1. The second-order valence-electron chi connectivity index (χ2n) is 6.41. The minimum Gasteiger partial charge on any atom is -0.515 e. The van der Waals surface area contributed by atoms with Gasteiger partial charge in [0.05, 0.1) is 6.20 Å². The van der Waals surface area contributed by atoms with Crippen LogP contribution >= 0.6 is 35.1 Å². The minimum atomic E-state index is -2.06. The fourth-order valence-corrected chi connectivity index (χ4v) is 5.89. The van der Waals surface area contributed by atoms with Gasteiger partial charge >= 0.3 is 5.97 Å². The van der Waals surface area contributed by atoms with Crippen LogP contribution in [-0.4, -0.2) is 57.6 Å². The Morgan fingerprint density at radius 3 is 2.92 bits per heavy atom. The van der Waals surface area contributed by atoms with E-state index >= 15 is 0 Å². The second-order valence-corrected chi connectivity index (χ2v) is 14.0. The third-order valence-electron chi connectivity index (χ3n) is 3.41. The molecule has 2 aliphatic heterocycles. The molecule has 0 radical (unpaired) electrons. The molecule has 0 saturated carbocycles. The van der Waals surface area contributed by atoms with Crippen molar-refractivity contribution >= 4 is 55.3 Å². The molecular formula is C13H18N4O3S3Si. The second kappa shape index (κ2) is 6.79. The number of β-lactam (4-membered cyclic amide) rings is 1. The van der Waals surface area contributed by atoms with Crippen LogP contribution in [0.2, 0.25) is 19.6 Å². The van der Waals surface area contributed by atoms with E-state index < -0.39 is 20.3 Å². The summed E-state index contributed by atoms with van der Waals surface area (Å²) in [6, 6.07) is -0.537. The third-order valence-corrected chi connectivity index (χ3v) is 7.49. The number of carbonyl (C=O) groups is 2. The zero-order valence-electron chi connectivity index (χ0n) is 13.5. The summed E-state index contributed by atoms with van der Waals surface area (Å²) in [5.41, 5.74) is 7.15. The Bertz CT molecular complexity index is 689. The quantitative estimate of drug-likeness (QED) is 0.449. The summed E-state index contributed by atoms with van der Waals surface area (Å²) >= 11 is 4.46. The molecule has 2 aliphatic rings. The van der Waals surface area contributed by atoms with Gasteiger partial charge in [-0.3, -0.25) is 9.69 Å². The molecule has 0 spiro atoms. The molecule has 3 rings (SSSR count). The molecule has 1 saturated heterocycles. The van der Waals surface area contributed by atoms with E-state index in [0.29, 0.717) is 17.2 Å². The molecule has 0 aromatic carbocycles. The molecule has 2 N–H and O–H groups in total. The van der Waals surface area contributed by atoms with Gasteiger partial charge in [0.25, 0.3) is 0 Å². The van der Waals surface area contributed by atoms with Crippen LogP contribution < -0.4 is 5.73 Å².